The molecule has 0 spiro atoms. The maximum atomic E-state index is 4.71. The van der Waals surface area contributed by atoms with Crippen molar-refractivity contribution in [2.75, 3.05) is 20.1 Å². The van der Waals surface area contributed by atoms with Crippen LogP contribution in [-0.4, -0.2) is 30.0 Å². The molecule has 1 aliphatic rings. The molecule has 0 bridgehead atoms. The van der Waals surface area contributed by atoms with Crippen LogP contribution in [0.4, 0.5) is 0 Å². The summed E-state index contributed by atoms with van der Waals surface area (Å²) >= 11 is 0. The van der Waals surface area contributed by atoms with Crippen molar-refractivity contribution in [3.63, 3.8) is 0 Å². The van der Waals surface area contributed by atoms with Crippen molar-refractivity contribution in [2.24, 2.45) is 5.92 Å². The van der Waals surface area contributed by atoms with Crippen molar-refractivity contribution in [3.05, 3.63) is 29.6 Å². The molecule has 1 saturated carbocycles. The summed E-state index contributed by atoms with van der Waals surface area (Å²) in [5, 5.41) is 3.16. The average Bonchev–Trinajstić information content (AvgIpc) is 3.14. The first-order chi connectivity index (χ1) is 8.81. The zero-order valence-electron chi connectivity index (χ0n) is 11.7. The predicted molar refractivity (Wildman–Crippen MR) is 75.3 cm³/mol. The number of hydrogen-bond acceptors (Lipinski definition) is 3. The second-order valence-electron chi connectivity index (χ2n) is 5.33. The minimum atomic E-state index is 0.851. The highest BCUT2D eigenvalue weighted by molar-refractivity contribution is 5.11. The highest BCUT2D eigenvalue weighted by Crippen LogP contribution is 2.30. The minimum absolute atomic E-state index is 0.851. The van der Waals surface area contributed by atoms with Crippen molar-refractivity contribution in [1.29, 1.82) is 0 Å². The fourth-order valence-corrected chi connectivity index (χ4v) is 2.34. The molecule has 1 heterocycles. The smallest absolute Gasteiger partial charge is 0.0547 e. The molecule has 1 aromatic heterocycles. The van der Waals surface area contributed by atoms with Gasteiger partial charge >= 0.3 is 0 Å². The van der Waals surface area contributed by atoms with Crippen LogP contribution in [0.2, 0.25) is 0 Å². The second kappa shape index (κ2) is 6.86. The summed E-state index contributed by atoms with van der Waals surface area (Å²) in [5.74, 6) is 0.956. The summed E-state index contributed by atoms with van der Waals surface area (Å²) in [6.07, 6.45) is 4.07. The predicted octanol–water partition coefficient (Wildman–Crippen LogP) is 2.42. The van der Waals surface area contributed by atoms with Crippen molar-refractivity contribution in [2.45, 2.75) is 39.3 Å². The molecule has 1 N–H and O–H groups in total. The monoisotopic (exact) mass is 247 g/mol. The highest BCUT2D eigenvalue weighted by Gasteiger charge is 2.24. The molecule has 0 aromatic carbocycles. The van der Waals surface area contributed by atoms with Crippen LogP contribution in [0, 0.1) is 5.92 Å². The molecule has 0 saturated heterocycles. The Kier molecular flexibility index (Phi) is 5.14. The van der Waals surface area contributed by atoms with Crippen LogP contribution in [0.25, 0.3) is 0 Å². The SMILES string of the molecule is CCCN(Cc1cccc(CNC)n1)CC1CC1. The fraction of sp³-hybridized carbons (Fsp3) is 0.667. The van der Waals surface area contributed by atoms with Crippen LogP contribution in [-0.2, 0) is 13.1 Å². The molecule has 2 rings (SSSR count). The molecule has 18 heavy (non-hydrogen) atoms. The Bertz CT molecular complexity index is 361. The summed E-state index contributed by atoms with van der Waals surface area (Å²) in [6.45, 7) is 6.55. The van der Waals surface area contributed by atoms with E-state index < -0.39 is 0 Å². The van der Waals surface area contributed by atoms with E-state index in [4.69, 9.17) is 4.98 Å². The van der Waals surface area contributed by atoms with Crippen LogP contribution in [0.1, 0.15) is 37.6 Å². The van der Waals surface area contributed by atoms with E-state index in [0.717, 1.165) is 24.7 Å². The lowest BCUT2D eigenvalue weighted by atomic mass is 10.2. The molecule has 1 aliphatic carbocycles. The van der Waals surface area contributed by atoms with Gasteiger partial charge in [0.05, 0.1) is 11.4 Å². The van der Waals surface area contributed by atoms with Crippen LogP contribution < -0.4 is 5.32 Å². The van der Waals surface area contributed by atoms with Gasteiger partial charge in [-0.25, -0.2) is 0 Å². The van der Waals surface area contributed by atoms with Gasteiger partial charge in [-0.3, -0.25) is 9.88 Å². The molecule has 100 valence electrons. The molecule has 3 heteroatoms. The standard InChI is InChI=1S/C15H25N3/c1-3-9-18(11-13-7-8-13)12-15-6-4-5-14(17-15)10-16-2/h4-6,13,16H,3,7-12H2,1-2H3. The Balaban J connectivity index is 1.93. The maximum Gasteiger partial charge on any atom is 0.0547 e. The lowest BCUT2D eigenvalue weighted by Crippen LogP contribution is -2.27. The first-order valence-electron chi connectivity index (χ1n) is 7.13. The van der Waals surface area contributed by atoms with Crippen molar-refractivity contribution >= 4 is 0 Å². The van der Waals surface area contributed by atoms with Gasteiger partial charge in [0, 0.05) is 19.6 Å². The first-order valence-corrected chi connectivity index (χ1v) is 7.13. The number of rotatable bonds is 8. The molecule has 0 radical (unpaired) electrons. The van der Waals surface area contributed by atoms with Crippen molar-refractivity contribution in [3.8, 4) is 0 Å². The molecule has 1 fully saturated rings. The summed E-state index contributed by atoms with van der Waals surface area (Å²) in [4.78, 5) is 7.27. The van der Waals surface area contributed by atoms with E-state index in [1.807, 2.05) is 7.05 Å². The molecule has 1 aromatic rings. The van der Waals surface area contributed by atoms with Crippen LogP contribution >= 0.6 is 0 Å². The van der Waals surface area contributed by atoms with E-state index in [1.54, 1.807) is 0 Å². The Morgan fingerprint density at radius 3 is 2.78 bits per heavy atom. The van der Waals surface area contributed by atoms with Gasteiger partial charge in [-0.2, -0.15) is 0 Å². The molecule has 0 amide bonds. The van der Waals surface area contributed by atoms with Gasteiger partial charge < -0.3 is 5.32 Å². The molecule has 0 unspecified atom stereocenters. The number of nitrogens with zero attached hydrogens (tertiary/aromatic N) is 2. The quantitative estimate of drug-likeness (QED) is 0.764. The third-order valence-corrected chi connectivity index (χ3v) is 3.36. The number of pyridine rings is 1. The van der Waals surface area contributed by atoms with Crippen molar-refractivity contribution < 1.29 is 0 Å². The summed E-state index contributed by atoms with van der Waals surface area (Å²) in [7, 11) is 1.96. The van der Waals surface area contributed by atoms with E-state index in [1.165, 1.54) is 38.0 Å². The molecular weight excluding hydrogens is 222 g/mol. The molecule has 3 nitrogen and oxygen atoms in total. The topological polar surface area (TPSA) is 28.2 Å². The normalized spacial score (nSPS) is 15.3. The number of hydrogen-bond donors (Lipinski definition) is 1. The summed E-state index contributed by atoms with van der Waals surface area (Å²) in [5.41, 5.74) is 2.34. The van der Waals surface area contributed by atoms with Gasteiger partial charge in [-0.05, 0) is 50.9 Å². The Morgan fingerprint density at radius 2 is 2.11 bits per heavy atom. The zero-order valence-corrected chi connectivity index (χ0v) is 11.7. The lowest BCUT2D eigenvalue weighted by molar-refractivity contribution is 0.252. The molecule has 0 atom stereocenters. The van der Waals surface area contributed by atoms with E-state index in [0.29, 0.717) is 0 Å². The van der Waals surface area contributed by atoms with Gasteiger partial charge in [-0.1, -0.05) is 13.0 Å². The third-order valence-electron chi connectivity index (χ3n) is 3.36. The average molecular weight is 247 g/mol. The van der Waals surface area contributed by atoms with Gasteiger partial charge in [0.2, 0.25) is 0 Å². The molecule has 0 aliphatic heterocycles. The summed E-state index contributed by atoms with van der Waals surface area (Å²) < 4.78 is 0. The van der Waals surface area contributed by atoms with Gasteiger partial charge in [0.15, 0.2) is 0 Å². The van der Waals surface area contributed by atoms with Crippen LogP contribution in [0.5, 0.6) is 0 Å². The fourth-order valence-electron chi connectivity index (χ4n) is 2.34. The Morgan fingerprint density at radius 1 is 1.33 bits per heavy atom. The largest absolute Gasteiger partial charge is 0.314 e. The minimum Gasteiger partial charge on any atom is -0.314 e. The maximum absolute atomic E-state index is 4.71. The van der Waals surface area contributed by atoms with E-state index in [2.05, 4.69) is 35.3 Å². The lowest BCUT2D eigenvalue weighted by Gasteiger charge is -2.21. The van der Waals surface area contributed by atoms with Crippen LogP contribution in [0.15, 0.2) is 18.2 Å². The number of aromatic nitrogens is 1. The summed E-state index contributed by atoms with van der Waals surface area (Å²) in [6, 6.07) is 6.36. The number of nitrogens with one attached hydrogen (secondary N) is 1. The van der Waals surface area contributed by atoms with E-state index >= 15 is 0 Å². The van der Waals surface area contributed by atoms with E-state index in [9.17, 15) is 0 Å². The van der Waals surface area contributed by atoms with Gasteiger partial charge in [0.1, 0.15) is 0 Å². The molecular formula is C15H25N3. The van der Waals surface area contributed by atoms with Crippen molar-refractivity contribution in [1.82, 2.24) is 15.2 Å². The first kappa shape index (κ1) is 13.5. The second-order valence-corrected chi connectivity index (χ2v) is 5.33. The Hall–Kier alpha value is -0.930. The third kappa shape index (κ3) is 4.39. The van der Waals surface area contributed by atoms with Crippen LogP contribution in [0.3, 0.4) is 0 Å². The zero-order chi connectivity index (χ0) is 12.8. The van der Waals surface area contributed by atoms with Gasteiger partial charge in [-0.15, -0.1) is 0 Å². The van der Waals surface area contributed by atoms with E-state index in [-0.39, 0.29) is 0 Å². The highest BCUT2D eigenvalue weighted by atomic mass is 15.1. The Labute approximate surface area is 111 Å². The van der Waals surface area contributed by atoms with Gasteiger partial charge in [0.25, 0.3) is 0 Å².